The molecule has 8 heterocycles. The molecule has 13 heteroatoms. The van der Waals surface area contributed by atoms with Crippen LogP contribution in [0.25, 0.3) is 44.6 Å². The lowest BCUT2D eigenvalue weighted by Gasteiger charge is -2.40. The molecule has 318 valence electrons. The molecule has 63 heavy (non-hydrogen) atoms. The summed E-state index contributed by atoms with van der Waals surface area (Å²) in [7, 11) is 5.54. The summed E-state index contributed by atoms with van der Waals surface area (Å²) in [4.78, 5) is 43.8. The van der Waals surface area contributed by atoms with E-state index in [4.69, 9.17) is 29.4 Å². The van der Waals surface area contributed by atoms with Gasteiger partial charge in [-0.15, -0.1) is 0 Å². The summed E-state index contributed by atoms with van der Waals surface area (Å²) in [5.74, 6) is 5.16. The number of pyridine rings is 4. The van der Waals surface area contributed by atoms with Crippen LogP contribution in [0.3, 0.4) is 0 Å². The highest BCUT2D eigenvalue weighted by molar-refractivity contribution is 5.96. The first-order chi connectivity index (χ1) is 31.0. The smallest absolute Gasteiger partial charge is 0.162 e. The van der Waals surface area contributed by atoms with Gasteiger partial charge in [-0.3, -0.25) is 24.8 Å². The number of piperazine rings is 1. The van der Waals surface area contributed by atoms with Crippen molar-refractivity contribution in [3.63, 3.8) is 0 Å². The van der Waals surface area contributed by atoms with Crippen molar-refractivity contribution in [3.05, 3.63) is 146 Å². The number of aromatic nitrogens is 8. The number of benzene rings is 2. The SMILES string of the molecule is COc1cncc2nc(-c3ccncc3)nc(N3CCC[C@@H](Cc4ccccc4)C3)c12.COc1cncc2nc(-c3ccncc3)nc(N3CCN(C)[C@@H](Cc4ccccc4)C3)c12. The predicted octanol–water partition coefficient (Wildman–Crippen LogP) is 8.01. The fourth-order valence-corrected chi connectivity index (χ4v) is 8.72. The summed E-state index contributed by atoms with van der Waals surface area (Å²) in [5.41, 5.74) is 6.18. The lowest BCUT2D eigenvalue weighted by Crippen LogP contribution is -2.52. The summed E-state index contributed by atoms with van der Waals surface area (Å²) in [6.45, 7) is 4.65. The van der Waals surface area contributed by atoms with E-state index in [0.717, 1.165) is 96.6 Å². The second kappa shape index (κ2) is 19.3. The molecule has 2 fully saturated rings. The summed E-state index contributed by atoms with van der Waals surface area (Å²) >= 11 is 0. The van der Waals surface area contributed by atoms with Crippen molar-refractivity contribution < 1.29 is 9.47 Å². The van der Waals surface area contributed by atoms with Crippen molar-refractivity contribution >= 4 is 33.4 Å². The van der Waals surface area contributed by atoms with Crippen molar-refractivity contribution in [2.75, 3.05) is 63.8 Å². The van der Waals surface area contributed by atoms with Crippen LogP contribution in [0.5, 0.6) is 11.5 Å². The summed E-state index contributed by atoms with van der Waals surface area (Å²) in [6, 6.07) is 29.5. The number of ether oxygens (including phenoxy) is 2. The van der Waals surface area contributed by atoms with Gasteiger partial charge in [0, 0.05) is 74.7 Å². The van der Waals surface area contributed by atoms with Gasteiger partial charge in [-0.1, -0.05) is 60.7 Å². The van der Waals surface area contributed by atoms with E-state index in [1.165, 1.54) is 17.5 Å². The molecule has 13 nitrogen and oxygen atoms in total. The van der Waals surface area contributed by atoms with Crippen molar-refractivity contribution in [2.24, 2.45) is 5.92 Å². The van der Waals surface area contributed by atoms with Crippen molar-refractivity contribution in [3.8, 4) is 34.3 Å². The van der Waals surface area contributed by atoms with Crippen LogP contribution in [0.2, 0.25) is 0 Å². The molecule has 10 rings (SSSR count). The summed E-state index contributed by atoms with van der Waals surface area (Å²) in [6.07, 6.45) is 18.5. The Morgan fingerprint density at radius 2 is 1.05 bits per heavy atom. The molecule has 8 aromatic rings. The number of hydrogen-bond acceptors (Lipinski definition) is 13. The fourth-order valence-electron chi connectivity index (χ4n) is 8.72. The number of fused-ring (bicyclic) bond motifs is 2. The number of methoxy groups -OCH3 is 2. The maximum Gasteiger partial charge on any atom is 0.162 e. The first-order valence-corrected chi connectivity index (χ1v) is 21.5. The van der Waals surface area contributed by atoms with Crippen LogP contribution >= 0.6 is 0 Å². The Balaban J connectivity index is 0.000000160. The standard InChI is InChI=1S/C25H26N6O.C25H25N5O/c1-30-12-13-31(17-20(30)14-18-6-4-3-5-7-18)25-23-21(15-27-16-22(23)32-2)28-24(29-25)19-8-10-26-11-9-19;1-31-22-16-27-15-21-23(22)25(29-24(28-21)20-9-11-26-12-10-20)30-13-5-8-19(17-30)14-18-6-3-2-4-7-18/h3-11,15-16,20H,12-14,17H2,1-2H3;2-4,6-7,9-12,15-16,19H,5,8,13-14,17H2,1H3/t20-;19-/m00/s1. The molecule has 2 saturated heterocycles. The summed E-state index contributed by atoms with van der Waals surface area (Å²) < 4.78 is 11.3. The topological polar surface area (TPSA) is 131 Å². The van der Waals surface area contributed by atoms with E-state index >= 15 is 0 Å². The Hall–Kier alpha value is -7.12. The third kappa shape index (κ3) is 9.38. The minimum atomic E-state index is 0.383. The maximum absolute atomic E-state index is 5.66. The molecule has 0 bridgehead atoms. The van der Waals surface area contributed by atoms with Crippen LogP contribution in [0.1, 0.15) is 24.0 Å². The Morgan fingerprint density at radius 3 is 1.57 bits per heavy atom. The highest BCUT2D eigenvalue weighted by Gasteiger charge is 2.29. The van der Waals surface area contributed by atoms with Crippen LogP contribution in [0.4, 0.5) is 11.6 Å². The van der Waals surface area contributed by atoms with Gasteiger partial charge in [-0.2, -0.15) is 0 Å². The maximum atomic E-state index is 5.66. The quantitative estimate of drug-likeness (QED) is 0.132. The highest BCUT2D eigenvalue weighted by Crippen LogP contribution is 2.37. The van der Waals surface area contributed by atoms with Gasteiger partial charge < -0.3 is 19.3 Å². The highest BCUT2D eigenvalue weighted by atomic mass is 16.5. The van der Waals surface area contributed by atoms with Gasteiger partial charge in [-0.25, -0.2) is 19.9 Å². The van der Waals surface area contributed by atoms with Crippen LogP contribution in [-0.2, 0) is 12.8 Å². The Labute approximate surface area is 367 Å². The van der Waals surface area contributed by atoms with Crippen LogP contribution < -0.4 is 19.3 Å². The Morgan fingerprint density at radius 1 is 0.540 bits per heavy atom. The molecule has 2 aliphatic rings. The third-order valence-corrected chi connectivity index (χ3v) is 12.0. The number of piperidine rings is 1. The van der Waals surface area contributed by atoms with Crippen LogP contribution in [0, 0.1) is 5.92 Å². The van der Waals surface area contributed by atoms with Crippen molar-refractivity contribution in [1.29, 1.82) is 0 Å². The second-order valence-electron chi connectivity index (χ2n) is 16.1. The number of likely N-dealkylation sites (N-methyl/N-ethyl adjacent to an activating group) is 1. The van der Waals surface area contributed by atoms with Gasteiger partial charge in [0.1, 0.15) is 23.1 Å². The number of nitrogens with zero attached hydrogens (tertiary/aromatic N) is 11. The molecule has 0 N–H and O–H groups in total. The van der Waals surface area contributed by atoms with E-state index in [1.54, 1.807) is 63.8 Å². The van der Waals surface area contributed by atoms with Gasteiger partial charge in [0.2, 0.25) is 0 Å². The van der Waals surface area contributed by atoms with Crippen LogP contribution in [-0.4, -0.2) is 105 Å². The average molecular weight is 838 g/mol. The third-order valence-electron chi connectivity index (χ3n) is 12.0. The summed E-state index contributed by atoms with van der Waals surface area (Å²) in [5, 5.41) is 1.83. The Bertz CT molecular complexity index is 2750. The molecule has 2 aliphatic heterocycles. The lowest BCUT2D eigenvalue weighted by molar-refractivity contribution is 0.217. The molecular formula is C50H51N11O2. The van der Waals surface area contributed by atoms with Crippen molar-refractivity contribution in [2.45, 2.75) is 31.7 Å². The molecular weight excluding hydrogens is 787 g/mol. The average Bonchev–Trinajstić information content (AvgIpc) is 3.35. The Kier molecular flexibility index (Phi) is 12.6. The van der Waals surface area contributed by atoms with E-state index in [2.05, 4.69) is 102 Å². The molecule has 0 radical (unpaired) electrons. The molecule has 0 spiro atoms. The number of rotatable bonds is 10. The zero-order valence-corrected chi connectivity index (χ0v) is 36.0. The van der Waals surface area contributed by atoms with Crippen molar-refractivity contribution in [1.82, 2.24) is 44.8 Å². The van der Waals surface area contributed by atoms with E-state index in [1.807, 2.05) is 24.3 Å². The largest absolute Gasteiger partial charge is 0.494 e. The molecule has 0 aliphatic carbocycles. The molecule has 0 amide bonds. The minimum Gasteiger partial charge on any atom is -0.494 e. The molecule has 6 aromatic heterocycles. The van der Waals surface area contributed by atoms with Crippen LogP contribution in [0.15, 0.2) is 135 Å². The minimum absolute atomic E-state index is 0.383. The first kappa shape index (κ1) is 41.2. The van der Waals surface area contributed by atoms with E-state index in [-0.39, 0.29) is 0 Å². The van der Waals surface area contributed by atoms with E-state index in [9.17, 15) is 0 Å². The second-order valence-corrected chi connectivity index (χ2v) is 16.1. The van der Waals surface area contributed by atoms with E-state index < -0.39 is 0 Å². The van der Waals surface area contributed by atoms with Gasteiger partial charge in [0.05, 0.1) is 60.8 Å². The molecule has 0 unspecified atom stereocenters. The monoisotopic (exact) mass is 837 g/mol. The zero-order valence-electron chi connectivity index (χ0n) is 36.0. The van der Waals surface area contributed by atoms with Gasteiger partial charge in [0.25, 0.3) is 0 Å². The normalized spacial score (nSPS) is 16.7. The first-order valence-electron chi connectivity index (χ1n) is 21.5. The number of anilines is 2. The van der Waals surface area contributed by atoms with E-state index in [0.29, 0.717) is 35.1 Å². The fraction of sp³-hybridized carbons (Fsp3) is 0.280. The van der Waals surface area contributed by atoms with Gasteiger partial charge in [0.15, 0.2) is 11.6 Å². The molecule has 2 aromatic carbocycles. The lowest BCUT2D eigenvalue weighted by atomic mass is 9.91. The zero-order chi connectivity index (χ0) is 43.0. The van der Waals surface area contributed by atoms with Gasteiger partial charge >= 0.3 is 0 Å². The van der Waals surface area contributed by atoms with Gasteiger partial charge in [-0.05, 0) is 74.0 Å². The molecule has 0 saturated carbocycles. The predicted molar refractivity (Wildman–Crippen MR) is 248 cm³/mol. The molecule has 2 atom stereocenters. The number of hydrogen-bond donors (Lipinski definition) is 0.